The van der Waals surface area contributed by atoms with E-state index in [9.17, 15) is 14.7 Å². The minimum absolute atomic E-state index is 0.0123. The van der Waals surface area contributed by atoms with Gasteiger partial charge < -0.3 is 14.6 Å². The summed E-state index contributed by atoms with van der Waals surface area (Å²) in [4.78, 5) is 27.7. The fourth-order valence-electron chi connectivity index (χ4n) is 4.14. The first-order valence-electron chi connectivity index (χ1n) is 11.2. The average Bonchev–Trinajstić information content (AvgIpc) is 3.09. The smallest absolute Gasteiger partial charge is 0.300 e. The molecular weight excluding hydrogens is 508 g/mol. The topological polar surface area (TPSA) is 76.1 Å². The van der Waals surface area contributed by atoms with Crippen molar-refractivity contribution in [2.24, 2.45) is 0 Å². The number of Topliss-reactive ketones (excluding diaryl/α,β-unsaturated/α-hetero) is 1. The fraction of sp³-hybridized carbons (Fsp3) is 0.185. The van der Waals surface area contributed by atoms with Crippen molar-refractivity contribution < 1.29 is 28.6 Å². The molecule has 0 saturated carbocycles. The van der Waals surface area contributed by atoms with Crippen LogP contribution in [0.4, 0.5) is 10.1 Å². The van der Waals surface area contributed by atoms with Crippen molar-refractivity contribution in [3.63, 3.8) is 0 Å². The number of halogens is 3. The van der Waals surface area contributed by atoms with Gasteiger partial charge in [-0.25, -0.2) is 4.39 Å². The van der Waals surface area contributed by atoms with Crippen LogP contribution in [0.2, 0.25) is 10.0 Å². The largest absolute Gasteiger partial charge is 0.507 e. The molecular formula is C27H22Cl2FNO5. The van der Waals surface area contributed by atoms with Gasteiger partial charge in [-0.1, -0.05) is 41.4 Å². The number of nitrogens with zero attached hydrogens (tertiary/aromatic N) is 1. The average molecular weight is 530 g/mol. The van der Waals surface area contributed by atoms with Gasteiger partial charge in [0.2, 0.25) is 0 Å². The van der Waals surface area contributed by atoms with E-state index in [0.717, 1.165) is 4.90 Å². The SMILES string of the molecule is CCOc1ccc(/C(O)=C2\C(=O)C(=O)N(c3cc(Cl)cc(Cl)c3)C2c2ccccc2F)c(OCC)c1. The molecule has 9 heteroatoms. The summed E-state index contributed by atoms with van der Waals surface area (Å²) in [7, 11) is 0. The molecule has 0 aromatic heterocycles. The lowest BCUT2D eigenvalue weighted by molar-refractivity contribution is -0.132. The van der Waals surface area contributed by atoms with Crippen molar-refractivity contribution in [3.05, 3.63) is 93.2 Å². The highest BCUT2D eigenvalue weighted by Crippen LogP contribution is 2.45. The van der Waals surface area contributed by atoms with Gasteiger partial charge in [-0.3, -0.25) is 14.5 Å². The maximum Gasteiger partial charge on any atom is 0.300 e. The predicted molar refractivity (Wildman–Crippen MR) is 136 cm³/mol. The van der Waals surface area contributed by atoms with Gasteiger partial charge in [0.15, 0.2) is 0 Å². The molecule has 1 amide bonds. The number of rotatable bonds is 7. The zero-order valence-electron chi connectivity index (χ0n) is 19.4. The lowest BCUT2D eigenvalue weighted by Crippen LogP contribution is -2.29. The van der Waals surface area contributed by atoms with Crippen LogP contribution in [-0.2, 0) is 9.59 Å². The quantitative estimate of drug-likeness (QED) is 0.213. The number of ketones is 1. The molecule has 0 radical (unpaired) electrons. The van der Waals surface area contributed by atoms with Gasteiger partial charge in [0.05, 0.1) is 30.4 Å². The summed E-state index contributed by atoms with van der Waals surface area (Å²) in [6.45, 7) is 4.27. The maximum atomic E-state index is 15.1. The summed E-state index contributed by atoms with van der Waals surface area (Å²) in [6, 6.07) is 13.5. The first kappa shape index (κ1) is 25.5. The van der Waals surface area contributed by atoms with E-state index in [4.69, 9.17) is 32.7 Å². The molecule has 0 bridgehead atoms. The third kappa shape index (κ3) is 4.76. The number of hydrogen-bond donors (Lipinski definition) is 1. The Hall–Kier alpha value is -3.55. The highest BCUT2D eigenvalue weighted by Gasteiger charge is 2.48. The number of aliphatic hydroxyl groups excluding tert-OH is 1. The zero-order valence-corrected chi connectivity index (χ0v) is 20.9. The maximum absolute atomic E-state index is 15.1. The number of carbonyl (C=O) groups excluding carboxylic acids is 2. The van der Waals surface area contributed by atoms with E-state index in [2.05, 4.69) is 0 Å². The molecule has 1 aliphatic rings. The van der Waals surface area contributed by atoms with Crippen molar-refractivity contribution in [3.8, 4) is 11.5 Å². The number of aliphatic hydroxyl groups is 1. The molecule has 1 fully saturated rings. The summed E-state index contributed by atoms with van der Waals surface area (Å²) >= 11 is 12.3. The van der Waals surface area contributed by atoms with Crippen LogP contribution in [0.5, 0.6) is 11.5 Å². The summed E-state index contributed by atoms with van der Waals surface area (Å²) in [5.74, 6) is -2.39. The van der Waals surface area contributed by atoms with Crippen LogP contribution in [0.15, 0.2) is 66.2 Å². The third-order valence-corrected chi connectivity index (χ3v) is 6.03. The van der Waals surface area contributed by atoms with E-state index in [1.165, 1.54) is 42.5 Å². The Balaban J connectivity index is 1.98. The Kier molecular flexibility index (Phi) is 7.52. The lowest BCUT2D eigenvalue weighted by Gasteiger charge is -2.26. The predicted octanol–water partition coefficient (Wildman–Crippen LogP) is 6.56. The van der Waals surface area contributed by atoms with Gasteiger partial charge >= 0.3 is 0 Å². The van der Waals surface area contributed by atoms with Crippen LogP contribution in [-0.4, -0.2) is 30.0 Å². The number of ether oxygens (including phenoxy) is 2. The monoisotopic (exact) mass is 529 g/mol. The Bertz CT molecular complexity index is 1350. The molecule has 6 nitrogen and oxygen atoms in total. The molecule has 186 valence electrons. The minimum Gasteiger partial charge on any atom is -0.507 e. The highest BCUT2D eigenvalue weighted by molar-refractivity contribution is 6.52. The second kappa shape index (κ2) is 10.6. The Labute approximate surface area is 217 Å². The third-order valence-electron chi connectivity index (χ3n) is 5.59. The van der Waals surface area contributed by atoms with Gasteiger partial charge in [0, 0.05) is 27.4 Å². The number of hydrogen-bond acceptors (Lipinski definition) is 5. The number of benzene rings is 3. The molecule has 4 rings (SSSR count). The number of carbonyl (C=O) groups is 2. The summed E-state index contributed by atoms with van der Waals surface area (Å²) in [5.41, 5.74) is 0.0481. The van der Waals surface area contributed by atoms with Crippen LogP contribution in [0, 0.1) is 5.82 Å². The van der Waals surface area contributed by atoms with E-state index in [1.807, 2.05) is 6.92 Å². The van der Waals surface area contributed by atoms with Crippen LogP contribution in [0.3, 0.4) is 0 Å². The Morgan fingerprint density at radius 1 is 0.972 bits per heavy atom. The number of amides is 1. The summed E-state index contributed by atoms with van der Waals surface area (Å²) in [6.07, 6.45) is 0. The molecule has 3 aromatic rings. The first-order chi connectivity index (χ1) is 17.3. The van der Waals surface area contributed by atoms with Crippen molar-refractivity contribution >= 4 is 46.3 Å². The standard InChI is InChI=1S/C27H22Cl2FNO5/c1-3-35-18-9-10-20(22(14-18)36-4-2)25(32)23-24(19-7-5-6-8-21(19)30)31(27(34)26(23)33)17-12-15(28)11-16(29)13-17/h5-14,24,32H,3-4H2,1-2H3/b25-23+. The van der Waals surface area contributed by atoms with Crippen LogP contribution in [0.25, 0.3) is 5.76 Å². The molecule has 3 aromatic carbocycles. The zero-order chi connectivity index (χ0) is 26.0. The molecule has 36 heavy (non-hydrogen) atoms. The second-order valence-electron chi connectivity index (χ2n) is 7.84. The van der Waals surface area contributed by atoms with Crippen LogP contribution in [0.1, 0.15) is 31.0 Å². The van der Waals surface area contributed by atoms with Crippen molar-refractivity contribution in [1.29, 1.82) is 0 Å². The van der Waals surface area contributed by atoms with Gasteiger partial charge in [0.1, 0.15) is 23.1 Å². The van der Waals surface area contributed by atoms with Gasteiger partial charge in [-0.15, -0.1) is 0 Å². The van der Waals surface area contributed by atoms with E-state index < -0.39 is 29.3 Å². The van der Waals surface area contributed by atoms with Crippen LogP contribution >= 0.6 is 23.2 Å². The van der Waals surface area contributed by atoms with Gasteiger partial charge in [-0.2, -0.15) is 0 Å². The molecule has 0 spiro atoms. The fourth-order valence-corrected chi connectivity index (χ4v) is 4.66. The molecule has 1 N–H and O–H groups in total. The first-order valence-corrected chi connectivity index (χ1v) is 11.9. The second-order valence-corrected chi connectivity index (χ2v) is 8.72. The van der Waals surface area contributed by atoms with Gasteiger partial charge in [-0.05, 0) is 50.2 Å². The highest BCUT2D eigenvalue weighted by atomic mass is 35.5. The minimum atomic E-state index is -1.29. The van der Waals surface area contributed by atoms with Crippen molar-refractivity contribution in [1.82, 2.24) is 0 Å². The van der Waals surface area contributed by atoms with Gasteiger partial charge in [0.25, 0.3) is 11.7 Å². The Morgan fingerprint density at radius 3 is 2.28 bits per heavy atom. The lowest BCUT2D eigenvalue weighted by atomic mass is 9.94. The van der Waals surface area contributed by atoms with E-state index in [-0.39, 0.29) is 44.8 Å². The molecule has 1 unspecified atom stereocenters. The molecule has 1 saturated heterocycles. The van der Waals surface area contributed by atoms with E-state index in [0.29, 0.717) is 12.4 Å². The van der Waals surface area contributed by atoms with Crippen molar-refractivity contribution in [2.45, 2.75) is 19.9 Å². The summed E-state index contributed by atoms with van der Waals surface area (Å²) in [5, 5.41) is 11.9. The Morgan fingerprint density at radius 2 is 1.64 bits per heavy atom. The molecule has 0 aliphatic carbocycles. The van der Waals surface area contributed by atoms with E-state index in [1.54, 1.807) is 25.1 Å². The number of anilines is 1. The summed E-state index contributed by atoms with van der Waals surface area (Å²) < 4.78 is 26.3. The molecule has 1 heterocycles. The molecule has 1 aliphatic heterocycles. The molecule has 1 atom stereocenters. The van der Waals surface area contributed by atoms with Crippen LogP contribution < -0.4 is 14.4 Å². The normalized spacial score (nSPS) is 16.9. The van der Waals surface area contributed by atoms with Crippen molar-refractivity contribution in [2.75, 3.05) is 18.1 Å². The van der Waals surface area contributed by atoms with E-state index >= 15 is 4.39 Å².